The highest BCUT2D eigenvalue weighted by Gasteiger charge is 2.74. The van der Waals surface area contributed by atoms with Gasteiger partial charge in [0.1, 0.15) is 6.10 Å². The van der Waals surface area contributed by atoms with Crippen LogP contribution in [0.2, 0.25) is 0 Å². The van der Waals surface area contributed by atoms with Gasteiger partial charge in [-0.15, -0.1) is 0 Å². The summed E-state index contributed by atoms with van der Waals surface area (Å²) in [6.45, 7) is 14.1. The van der Waals surface area contributed by atoms with Gasteiger partial charge in [-0.05, 0) is 67.7 Å². The third-order valence-electron chi connectivity index (χ3n) is 9.24. The largest absolute Gasteiger partial charge is 0.464 e. The Morgan fingerprint density at radius 3 is 2.60 bits per heavy atom. The summed E-state index contributed by atoms with van der Waals surface area (Å²) in [5.41, 5.74) is -2.06. The Morgan fingerprint density at radius 1 is 1.20 bits per heavy atom. The lowest BCUT2D eigenvalue weighted by Gasteiger charge is -2.52. The highest BCUT2D eigenvalue weighted by Crippen LogP contribution is 2.63. The molecule has 1 spiro atoms. The normalized spacial score (nSPS) is 41.6. The van der Waals surface area contributed by atoms with Crippen molar-refractivity contribution in [3.63, 3.8) is 0 Å². The van der Waals surface area contributed by atoms with Crippen LogP contribution in [0.5, 0.6) is 5.88 Å². The third kappa shape index (κ3) is 3.24. The molecule has 3 aliphatic carbocycles. The molecule has 1 aromatic rings. The maximum absolute atomic E-state index is 14.7. The number of allylic oxidation sites excluding steroid dienone is 1. The number of rotatable bonds is 2. The van der Waals surface area contributed by atoms with Gasteiger partial charge in [0.25, 0.3) is 5.88 Å². The topological polar surface area (TPSA) is 77.9 Å². The number of Topliss-reactive ketones (excluding diaryl/α,β-unsaturated/α-hetero) is 1. The number of pyridine rings is 1. The van der Waals surface area contributed by atoms with E-state index in [9.17, 15) is 14.3 Å². The molecule has 2 fully saturated rings. The summed E-state index contributed by atoms with van der Waals surface area (Å²) in [6.07, 6.45) is 4.12. The summed E-state index contributed by atoms with van der Waals surface area (Å²) in [4.78, 5) is 18.7. The minimum atomic E-state index is -1.82. The number of ether oxygens (including phenoxy) is 3. The van der Waals surface area contributed by atoms with E-state index in [4.69, 9.17) is 14.2 Å². The molecule has 7 heteroatoms. The average Bonchev–Trinajstić information content (AvgIpc) is 2.94. The summed E-state index contributed by atoms with van der Waals surface area (Å²) in [7, 11) is 0. The van der Waals surface area contributed by atoms with Crippen molar-refractivity contribution in [2.24, 2.45) is 28.6 Å². The van der Waals surface area contributed by atoms with Crippen molar-refractivity contribution < 1.29 is 28.5 Å². The molecule has 4 aliphatic rings. The summed E-state index contributed by atoms with van der Waals surface area (Å²) < 4.78 is 33.2. The van der Waals surface area contributed by atoms with Gasteiger partial charge in [0.15, 0.2) is 29.1 Å². The molecule has 3 unspecified atom stereocenters. The first-order valence-electron chi connectivity index (χ1n) is 12.5. The molecule has 190 valence electrons. The van der Waals surface area contributed by atoms with Crippen molar-refractivity contribution in [1.82, 2.24) is 4.98 Å². The number of aliphatic hydroxyl groups is 1. The molecule has 1 N–H and O–H groups in total. The fourth-order valence-corrected chi connectivity index (χ4v) is 6.93. The quantitative estimate of drug-likeness (QED) is 0.616. The van der Waals surface area contributed by atoms with Gasteiger partial charge in [-0.2, -0.15) is 0 Å². The number of nitrogens with zero attached hydrogens (tertiary/aromatic N) is 1. The summed E-state index contributed by atoms with van der Waals surface area (Å²) in [6, 6.07) is 2.75. The second kappa shape index (κ2) is 7.70. The van der Waals surface area contributed by atoms with E-state index in [1.807, 2.05) is 26.0 Å². The van der Waals surface area contributed by atoms with Crippen LogP contribution in [-0.2, 0) is 14.3 Å². The molecule has 35 heavy (non-hydrogen) atoms. The third-order valence-corrected chi connectivity index (χ3v) is 9.24. The van der Waals surface area contributed by atoms with E-state index in [1.54, 1.807) is 13.8 Å². The van der Waals surface area contributed by atoms with Crippen LogP contribution in [0.4, 0.5) is 4.39 Å². The maximum Gasteiger partial charge on any atom is 0.251 e. The predicted molar refractivity (Wildman–Crippen MR) is 128 cm³/mol. The SMILES string of the molecule is CC1=CC23C(=O)[C@@H](C=C4COC(C)(C)O[C@H]4[C@]2(O)[C@H]1Oc1ncccc1F)C(C)(C)C(C)CC3C. The molecular formula is C28H36FNO5. The molecule has 7 atom stereocenters. The first kappa shape index (κ1) is 24.6. The highest BCUT2D eigenvalue weighted by molar-refractivity contribution is 5.95. The first-order chi connectivity index (χ1) is 16.3. The van der Waals surface area contributed by atoms with Crippen LogP contribution in [0.25, 0.3) is 0 Å². The van der Waals surface area contributed by atoms with Crippen molar-refractivity contribution in [3.05, 3.63) is 47.4 Å². The summed E-state index contributed by atoms with van der Waals surface area (Å²) >= 11 is 0. The van der Waals surface area contributed by atoms with Crippen LogP contribution < -0.4 is 4.74 Å². The second-order valence-electron chi connectivity index (χ2n) is 12.0. The average molecular weight is 486 g/mol. The van der Waals surface area contributed by atoms with Crippen LogP contribution in [0.1, 0.15) is 54.9 Å². The number of ketones is 1. The van der Waals surface area contributed by atoms with Crippen molar-refractivity contribution >= 4 is 5.78 Å². The molecule has 0 amide bonds. The van der Waals surface area contributed by atoms with Crippen LogP contribution in [0.3, 0.4) is 0 Å². The number of hydrogen-bond donors (Lipinski definition) is 1. The number of carbonyl (C=O) groups excluding carboxylic acids is 1. The van der Waals surface area contributed by atoms with E-state index in [1.165, 1.54) is 18.3 Å². The predicted octanol–water partition coefficient (Wildman–Crippen LogP) is 4.62. The lowest BCUT2D eigenvalue weighted by molar-refractivity contribution is -0.301. The van der Waals surface area contributed by atoms with E-state index >= 15 is 0 Å². The van der Waals surface area contributed by atoms with Crippen molar-refractivity contribution in [2.45, 2.75) is 78.5 Å². The van der Waals surface area contributed by atoms with Crippen molar-refractivity contribution in [2.75, 3.05) is 6.61 Å². The van der Waals surface area contributed by atoms with Gasteiger partial charge < -0.3 is 19.3 Å². The Bertz CT molecular complexity index is 1130. The molecule has 1 aliphatic heterocycles. The van der Waals surface area contributed by atoms with Gasteiger partial charge in [0.2, 0.25) is 0 Å². The van der Waals surface area contributed by atoms with E-state index in [2.05, 4.69) is 25.8 Å². The Hall–Kier alpha value is -2.09. The first-order valence-corrected chi connectivity index (χ1v) is 12.5. The number of aromatic nitrogens is 1. The van der Waals surface area contributed by atoms with Crippen LogP contribution in [-0.4, -0.2) is 46.1 Å². The van der Waals surface area contributed by atoms with E-state index in [0.29, 0.717) is 5.57 Å². The molecule has 5 rings (SSSR count). The van der Waals surface area contributed by atoms with Gasteiger partial charge in [-0.1, -0.05) is 39.8 Å². The van der Waals surface area contributed by atoms with Crippen LogP contribution >= 0.6 is 0 Å². The van der Waals surface area contributed by atoms with Gasteiger partial charge in [-0.3, -0.25) is 4.79 Å². The zero-order valence-corrected chi connectivity index (χ0v) is 21.6. The van der Waals surface area contributed by atoms with E-state index < -0.39 is 40.7 Å². The molecule has 6 nitrogen and oxygen atoms in total. The molecule has 2 bridgehead atoms. The maximum atomic E-state index is 14.7. The van der Waals surface area contributed by atoms with Gasteiger partial charge in [0, 0.05) is 12.1 Å². The molecule has 1 saturated heterocycles. The van der Waals surface area contributed by atoms with Gasteiger partial charge in [-0.25, -0.2) is 9.37 Å². The molecule has 0 radical (unpaired) electrons. The standard InChI is InChI=1S/C28H36FNO5/c1-15-13-27-17(3)11-16(2)25(4,5)19(21(27)31)12-18-14-33-26(6,7)35-23(18)28(27,32)22(15)34-24-20(29)9-8-10-30-24/h8-10,12-13,16-17,19,22-23,32H,11,14H2,1-7H3/t16?,17?,19-,22+,23-,27?,28-/m1/s1. The zero-order chi connectivity index (χ0) is 25.6. The number of halogens is 1. The van der Waals surface area contributed by atoms with E-state index in [-0.39, 0.29) is 35.5 Å². The highest BCUT2D eigenvalue weighted by atomic mass is 19.1. The Balaban J connectivity index is 1.77. The smallest absolute Gasteiger partial charge is 0.251 e. The van der Waals surface area contributed by atoms with Crippen molar-refractivity contribution in [3.8, 4) is 5.88 Å². The van der Waals surface area contributed by atoms with Crippen LogP contribution in [0, 0.1) is 34.4 Å². The monoisotopic (exact) mass is 485 g/mol. The van der Waals surface area contributed by atoms with Gasteiger partial charge >= 0.3 is 0 Å². The summed E-state index contributed by atoms with van der Waals surface area (Å²) in [5.74, 6) is -2.31. The van der Waals surface area contributed by atoms with Gasteiger partial charge in [0.05, 0.1) is 12.0 Å². The number of hydrogen-bond acceptors (Lipinski definition) is 6. The Labute approximate surface area is 206 Å². The fourth-order valence-electron chi connectivity index (χ4n) is 6.93. The second-order valence-corrected chi connectivity index (χ2v) is 12.0. The fraction of sp³-hybridized carbons (Fsp3) is 0.643. The number of fused-ring (bicyclic) bond motifs is 3. The minimum Gasteiger partial charge on any atom is -0.464 e. The molecule has 1 aromatic heterocycles. The number of carbonyl (C=O) groups is 1. The van der Waals surface area contributed by atoms with E-state index in [0.717, 1.165) is 12.0 Å². The molecule has 1 saturated carbocycles. The zero-order valence-electron chi connectivity index (χ0n) is 21.6. The Morgan fingerprint density at radius 2 is 1.91 bits per heavy atom. The minimum absolute atomic E-state index is 0.0444. The molecular weight excluding hydrogens is 449 g/mol. The Kier molecular flexibility index (Phi) is 5.41. The molecule has 0 aromatic carbocycles. The lowest BCUT2D eigenvalue weighted by Crippen LogP contribution is -2.68. The van der Waals surface area contributed by atoms with Crippen LogP contribution in [0.15, 0.2) is 41.6 Å². The summed E-state index contributed by atoms with van der Waals surface area (Å²) in [5, 5.41) is 13.0. The van der Waals surface area contributed by atoms with Crippen molar-refractivity contribution in [1.29, 1.82) is 0 Å². The lowest BCUT2D eigenvalue weighted by atomic mass is 9.59. The molecule has 2 heterocycles.